The summed E-state index contributed by atoms with van der Waals surface area (Å²) in [7, 11) is 0. The van der Waals surface area contributed by atoms with Gasteiger partial charge in [-0.3, -0.25) is 0 Å². The Kier molecular flexibility index (Phi) is 1.93. The van der Waals surface area contributed by atoms with E-state index in [0.29, 0.717) is 0 Å². The Morgan fingerprint density at radius 2 is 2.25 bits per heavy atom. The number of unbranched alkanes of at least 4 members (excludes halogenated alkanes) is 1. The van der Waals surface area contributed by atoms with Gasteiger partial charge in [-0.2, -0.15) is 0 Å². The van der Waals surface area contributed by atoms with Crippen LogP contribution in [0, 0.1) is 11.8 Å². The third-order valence-electron chi connectivity index (χ3n) is 2.01. The van der Waals surface area contributed by atoms with Crippen LogP contribution < -0.4 is 0 Å². The summed E-state index contributed by atoms with van der Waals surface area (Å²) < 4.78 is 0. The van der Waals surface area contributed by atoms with E-state index in [4.69, 9.17) is 0 Å². The van der Waals surface area contributed by atoms with Crippen LogP contribution in [-0.2, 0) is 0 Å². The molecule has 0 bridgehead atoms. The minimum Gasteiger partial charge on any atom is -0.0654 e. The van der Waals surface area contributed by atoms with Crippen LogP contribution >= 0.6 is 0 Å². The molecule has 1 rings (SSSR count). The van der Waals surface area contributed by atoms with Crippen molar-refractivity contribution in [3.63, 3.8) is 0 Å². The molecule has 0 amide bonds. The topological polar surface area (TPSA) is 0 Å². The molecular weight excluding hydrogens is 96.1 g/mol. The van der Waals surface area contributed by atoms with Gasteiger partial charge < -0.3 is 0 Å². The molecule has 1 fully saturated rings. The highest BCUT2D eigenvalue weighted by molar-refractivity contribution is 5.09. The van der Waals surface area contributed by atoms with Gasteiger partial charge in [0.1, 0.15) is 0 Å². The van der Waals surface area contributed by atoms with Gasteiger partial charge in [-0.1, -0.05) is 26.7 Å². The van der Waals surface area contributed by atoms with Gasteiger partial charge in [0.2, 0.25) is 0 Å². The molecule has 1 aliphatic rings. The van der Waals surface area contributed by atoms with Crippen molar-refractivity contribution in [3.8, 4) is 0 Å². The van der Waals surface area contributed by atoms with E-state index in [0.717, 1.165) is 5.92 Å². The second kappa shape index (κ2) is 2.52. The van der Waals surface area contributed by atoms with Crippen molar-refractivity contribution in [2.45, 2.75) is 39.5 Å². The Bertz CT molecular complexity index is 66.4. The maximum Gasteiger partial charge on any atom is -0.0238 e. The molecule has 1 aliphatic carbocycles. The Hall–Kier alpha value is 0. The minimum absolute atomic E-state index is 1.04. The molecule has 1 saturated carbocycles. The molecule has 0 heterocycles. The number of rotatable bonds is 3. The lowest BCUT2D eigenvalue weighted by Gasteiger charge is -1.91. The maximum atomic E-state index is 2.28. The van der Waals surface area contributed by atoms with Crippen LogP contribution in [0.5, 0.6) is 0 Å². The molecule has 0 saturated heterocycles. The van der Waals surface area contributed by atoms with Crippen molar-refractivity contribution in [1.29, 1.82) is 0 Å². The third kappa shape index (κ3) is 1.50. The van der Waals surface area contributed by atoms with Gasteiger partial charge in [0.25, 0.3) is 0 Å². The van der Waals surface area contributed by atoms with Crippen LogP contribution in [0.3, 0.4) is 0 Å². The second-order valence-corrected chi connectivity index (χ2v) is 2.89. The molecule has 0 aromatic carbocycles. The summed E-state index contributed by atoms with van der Waals surface area (Å²) in [6, 6.07) is 0. The fourth-order valence-corrected chi connectivity index (χ4v) is 1.13. The lowest BCUT2D eigenvalue weighted by molar-refractivity contribution is 0.659. The number of hydrogen-bond acceptors (Lipinski definition) is 0. The van der Waals surface area contributed by atoms with E-state index in [1.54, 1.807) is 5.92 Å². The molecule has 1 atom stereocenters. The van der Waals surface area contributed by atoms with Gasteiger partial charge in [0.05, 0.1) is 0 Å². The molecule has 1 unspecified atom stereocenters. The first-order valence-corrected chi connectivity index (χ1v) is 3.67. The van der Waals surface area contributed by atoms with Crippen LogP contribution in [0.15, 0.2) is 0 Å². The van der Waals surface area contributed by atoms with Gasteiger partial charge in [-0.15, -0.1) is 0 Å². The van der Waals surface area contributed by atoms with Crippen LogP contribution in [0.25, 0.3) is 0 Å². The summed E-state index contributed by atoms with van der Waals surface area (Å²) in [5, 5.41) is 0. The summed E-state index contributed by atoms with van der Waals surface area (Å²) in [6.07, 6.45) is 5.69. The van der Waals surface area contributed by atoms with E-state index >= 15 is 0 Å². The molecule has 0 nitrogen and oxygen atoms in total. The van der Waals surface area contributed by atoms with E-state index in [1.165, 1.54) is 25.7 Å². The van der Waals surface area contributed by atoms with Gasteiger partial charge in [-0.05, 0) is 24.7 Å². The molecule has 0 N–H and O–H groups in total. The Balaban J connectivity index is 1.89. The van der Waals surface area contributed by atoms with E-state index < -0.39 is 0 Å². The molecule has 0 heteroatoms. The van der Waals surface area contributed by atoms with E-state index in [9.17, 15) is 0 Å². The van der Waals surface area contributed by atoms with Gasteiger partial charge in [0.15, 0.2) is 0 Å². The van der Waals surface area contributed by atoms with Crippen LogP contribution in [0.1, 0.15) is 39.5 Å². The first-order valence-electron chi connectivity index (χ1n) is 3.67. The smallest absolute Gasteiger partial charge is 0.0238 e. The van der Waals surface area contributed by atoms with Crippen molar-refractivity contribution < 1.29 is 0 Å². The molecule has 0 aromatic heterocycles. The molecule has 0 spiro atoms. The molecule has 1 radical (unpaired) electrons. The summed E-state index contributed by atoms with van der Waals surface area (Å²) in [4.78, 5) is 0. The van der Waals surface area contributed by atoms with Crippen molar-refractivity contribution in [2.75, 3.05) is 0 Å². The quantitative estimate of drug-likeness (QED) is 0.525. The van der Waals surface area contributed by atoms with Crippen molar-refractivity contribution in [1.82, 2.24) is 0 Å². The highest BCUT2D eigenvalue weighted by Gasteiger charge is 2.31. The van der Waals surface area contributed by atoms with Crippen LogP contribution in [0.2, 0.25) is 0 Å². The van der Waals surface area contributed by atoms with Gasteiger partial charge in [-0.25, -0.2) is 0 Å². The lowest BCUT2D eigenvalue weighted by atomic mass is 10.2. The summed E-state index contributed by atoms with van der Waals surface area (Å²) in [5.41, 5.74) is 0. The van der Waals surface area contributed by atoms with Crippen molar-refractivity contribution >= 4 is 0 Å². The van der Waals surface area contributed by atoms with Crippen molar-refractivity contribution in [2.24, 2.45) is 5.92 Å². The van der Waals surface area contributed by atoms with E-state index in [1.807, 2.05) is 0 Å². The molecule has 0 aliphatic heterocycles. The van der Waals surface area contributed by atoms with E-state index in [2.05, 4.69) is 13.8 Å². The Labute approximate surface area is 52.3 Å². The lowest BCUT2D eigenvalue weighted by Crippen LogP contribution is -1.76. The third-order valence-corrected chi connectivity index (χ3v) is 2.01. The average Bonchev–Trinajstić information content (AvgIpc) is 2.42. The van der Waals surface area contributed by atoms with Crippen LogP contribution in [-0.4, -0.2) is 0 Å². The predicted molar refractivity (Wildman–Crippen MR) is 36.5 cm³/mol. The summed E-state index contributed by atoms with van der Waals surface area (Å²) in [5.74, 6) is 2.77. The highest BCUT2D eigenvalue weighted by atomic mass is 14.4. The monoisotopic (exact) mass is 111 g/mol. The first kappa shape index (κ1) is 6.12. The highest BCUT2D eigenvalue weighted by Crippen LogP contribution is 2.43. The van der Waals surface area contributed by atoms with E-state index in [-0.39, 0.29) is 0 Å². The fourth-order valence-electron chi connectivity index (χ4n) is 1.13. The zero-order valence-electron chi connectivity index (χ0n) is 5.91. The first-order chi connectivity index (χ1) is 3.84. The second-order valence-electron chi connectivity index (χ2n) is 2.89. The van der Waals surface area contributed by atoms with Gasteiger partial charge in [0, 0.05) is 0 Å². The minimum atomic E-state index is 1.04. The fraction of sp³-hybridized carbons (Fsp3) is 0.875. The standard InChI is InChI=1S/C8H15/c1-3-4-5-8-6-7(8)2/h8H,3-6H2,1-2H3. The average molecular weight is 111 g/mol. The molecule has 8 heavy (non-hydrogen) atoms. The molecular formula is C8H15. The van der Waals surface area contributed by atoms with Crippen molar-refractivity contribution in [3.05, 3.63) is 5.92 Å². The molecule has 47 valence electrons. The summed E-state index contributed by atoms with van der Waals surface area (Å²) >= 11 is 0. The number of hydrogen-bond donors (Lipinski definition) is 0. The summed E-state index contributed by atoms with van der Waals surface area (Å²) in [6.45, 7) is 4.54. The zero-order chi connectivity index (χ0) is 5.98. The Morgan fingerprint density at radius 1 is 1.62 bits per heavy atom. The maximum absolute atomic E-state index is 2.28. The predicted octanol–water partition coefficient (Wildman–Crippen LogP) is 2.79. The SMILES string of the molecule is CCCCC1C[C]1C. The Morgan fingerprint density at radius 3 is 2.62 bits per heavy atom. The normalized spacial score (nSPS) is 28.5. The molecule has 0 aromatic rings. The largest absolute Gasteiger partial charge is 0.0654 e. The zero-order valence-corrected chi connectivity index (χ0v) is 5.91. The van der Waals surface area contributed by atoms with Gasteiger partial charge >= 0.3 is 0 Å². The van der Waals surface area contributed by atoms with Crippen LogP contribution in [0.4, 0.5) is 0 Å².